The van der Waals surface area contributed by atoms with Gasteiger partial charge in [0.1, 0.15) is 22.9 Å². The second-order valence-electron chi connectivity index (χ2n) is 3.99. The number of hydrogen-bond donors (Lipinski definition) is 1. The van der Waals surface area contributed by atoms with Crippen LogP contribution in [0, 0.1) is 5.82 Å². The summed E-state index contributed by atoms with van der Waals surface area (Å²) in [4.78, 5) is 18.1. The molecule has 0 radical (unpaired) electrons. The van der Waals surface area contributed by atoms with Crippen LogP contribution in [0.5, 0.6) is 0 Å². The molecule has 20 heavy (non-hydrogen) atoms. The first-order valence-electron chi connectivity index (χ1n) is 5.59. The molecule has 1 N–H and O–H groups in total. The van der Waals surface area contributed by atoms with Crippen molar-refractivity contribution in [3.63, 3.8) is 0 Å². The highest BCUT2D eigenvalue weighted by Gasteiger charge is 2.21. The number of carbonyl (C=O) groups is 1. The number of carboxylic acid groups (broad SMARTS) is 1. The molecule has 2 rings (SSSR count). The fourth-order valence-electron chi connectivity index (χ4n) is 1.63. The summed E-state index contributed by atoms with van der Waals surface area (Å²) in [5.74, 6) is -1.87. The third kappa shape index (κ3) is 3.11. The molecule has 0 bridgehead atoms. The molecule has 1 aromatic carbocycles. The van der Waals surface area contributed by atoms with Crippen LogP contribution in [-0.4, -0.2) is 21.0 Å². The van der Waals surface area contributed by atoms with Crippen molar-refractivity contribution in [2.75, 3.05) is 0 Å². The van der Waals surface area contributed by atoms with Gasteiger partial charge in [0.2, 0.25) is 0 Å². The molecule has 0 saturated carbocycles. The van der Waals surface area contributed by atoms with Gasteiger partial charge in [0.25, 0.3) is 6.43 Å². The minimum Gasteiger partial charge on any atom is -0.478 e. The van der Waals surface area contributed by atoms with Crippen LogP contribution in [-0.2, 0) is 6.42 Å². The van der Waals surface area contributed by atoms with E-state index in [0.717, 1.165) is 6.20 Å². The highest BCUT2D eigenvalue weighted by molar-refractivity contribution is 5.88. The summed E-state index contributed by atoms with van der Waals surface area (Å²) in [5.41, 5.74) is -0.804. The van der Waals surface area contributed by atoms with Gasteiger partial charge in [-0.05, 0) is 17.7 Å². The van der Waals surface area contributed by atoms with Crippen LogP contribution in [0.15, 0.2) is 30.5 Å². The van der Waals surface area contributed by atoms with Crippen LogP contribution < -0.4 is 0 Å². The number of carboxylic acids is 1. The second-order valence-corrected chi connectivity index (χ2v) is 3.99. The molecular weight excluding hydrogens is 273 g/mol. The molecule has 104 valence electrons. The number of rotatable bonds is 4. The van der Waals surface area contributed by atoms with E-state index in [-0.39, 0.29) is 12.2 Å². The third-order valence-corrected chi connectivity index (χ3v) is 2.58. The molecule has 0 spiro atoms. The number of halogens is 3. The van der Waals surface area contributed by atoms with Crippen LogP contribution >= 0.6 is 0 Å². The van der Waals surface area contributed by atoms with Crippen molar-refractivity contribution < 1.29 is 23.1 Å². The Morgan fingerprint density at radius 2 is 1.90 bits per heavy atom. The normalized spacial score (nSPS) is 10.8. The van der Waals surface area contributed by atoms with Gasteiger partial charge in [-0.1, -0.05) is 12.1 Å². The Labute approximate surface area is 111 Å². The molecule has 1 heterocycles. The second kappa shape index (κ2) is 5.68. The fourth-order valence-corrected chi connectivity index (χ4v) is 1.63. The Kier molecular flexibility index (Phi) is 3.97. The first-order valence-corrected chi connectivity index (χ1v) is 5.59. The number of hydrogen-bond acceptors (Lipinski definition) is 3. The summed E-state index contributed by atoms with van der Waals surface area (Å²) in [7, 11) is 0. The zero-order valence-corrected chi connectivity index (χ0v) is 10.1. The predicted molar refractivity (Wildman–Crippen MR) is 63.2 cm³/mol. The van der Waals surface area contributed by atoms with E-state index in [0.29, 0.717) is 5.56 Å². The Balaban J connectivity index is 2.31. The average molecular weight is 282 g/mol. The minimum absolute atomic E-state index is 0.0527. The summed E-state index contributed by atoms with van der Waals surface area (Å²) >= 11 is 0. The van der Waals surface area contributed by atoms with Crippen molar-refractivity contribution in [2.45, 2.75) is 12.8 Å². The van der Waals surface area contributed by atoms with Crippen molar-refractivity contribution in [3.8, 4) is 0 Å². The van der Waals surface area contributed by atoms with Crippen LogP contribution in [0.3, 0.4) is 0 Å². The van der Waals surface area contributed by atoms with Crippen LogP contribution in [0.25, 0.3) is 0 Å². The van der Waals surface area contributed by atoms with Gasteiger partial charge in [-0.15, -0.1) is 0 Å². The molecule has 0 saturated heterocycles. The summed E-state index contributed by atoms with van der Waals surface area (Å²) in [6.45, 7) is 0. The van der Waals surface area contributed by atoms with Crippen LogP contribution in [0.2, 0.25) is 0 Å². The smallest absolute Gasteiger partial charge is 0.339 e. The molecular formula is C13H9F3N2O2. The van der Waals surface area contributed by atoms with Crippen molar-refractivity contribution in [1.29, 1.82) is 0 Å². The highest BCUT2D eigenvalue weighted by atomic mass is 19.3. The Bertz CT molecular complexity index is 630. The molecule has 0 atom stereocenters. The standard InChI is InChI=1S/C13H9F3N2O2/c14-8-3-1-7(2-4-8)5-10-17-6-9(13(19)20)11(18-10)12(15)16/h1-4,6,12H,5H2,(H,19,20). The van der Waals surface area contributed by atoms with Crippen LogP contribution in [0.4, 0.5) is 13.2 Å². The minimum atomic E-state index is -3.00. The van der Waals surface area contributed by atoms with Gasteiger partial charge >= 0.3 is 5.97 Å². The van der Waals surface area contributed by atoms with Gasteiger partial charge in [-0.2, -0.15) is 0 Å². The Morgan fingerprint density at radius 3 is 2.45 bits per heavy atom. The van der Waals surface area contributed by atoms with Gasteiger partial charge in [-0.25, -0.2) is 27.9 Å². The summed E-state index contributed by atoms with van der Waals surface area (Å²) < 4.78 is 38.3. The van der Waals surface area contributed by atoms with Gasteiger partial charge in [0.15, 0.2) is 0 Å². The number of aromatic nitrogens is 2. The maximum absolute atomic E-state index is 12.8. The molecule has 0 amide bonds. The SMILES string of the molecule is O=C(O)c1cnc(Cc2ccc(F)cc2)nc1C(F)F. The first kappa shape index (κ1) is 14.0. The van der Waals surface area contributed by atoms with Crippen molar-refractivity contribution >= 4 is 5.97 Å². The highest BCUT2D eigenvalue weighted by Crippen LogP contribution is 2.21. The number of nitrogens with zero attached hydrogens (tertiary/aromatic N) is 2. The van der Waals surface area contributed by atoms with E-state index < -0.39 is 29.5 Å². The zero-order chi connectivity index (χ0) is 14.7. The van der Waals surface area contributed by atoms with Gasteiger partial charge in [0, 0.05) is 12.6 Å². The van der Waals surface area contributed by atoms with Gasteiger partial charge in [0.05, 0.1) is 0 Å². The van der Waals surface area contributed by atoms with E-state index in [2.05, 4.69) is 9.97 Å². The van der Waals surface area contributed by atoms with Crippen LogP contribution in [0.1, 0.15) is 33.9 Å². The van der Waals surface area contributed by atoms with E-state index in [4.69, 9.17) is 5.11 Å². The maximum atomic E-state index is 12.8. The first-order chi connectivity index (χ1) is 9.47. The maximum Gasteiger partial charge on any atom is 0.339 e. The zero-order valence-electron chi connectivity index (χ0n) is 10.1. The van der Waals surface area contributed by atoms with Crippen molar-refractivity contribution in [2.24, 2.45) is 0 Å². The molecule has 0 aliphatic rings. The Hall–Kier alpha value is -2.44. The summed E-state index contributed by atoms with van der Waals surface area (Å²) in [6.07, 6.45) is -2.04. The van der Waals surface area contributed by atoms with Gasteiger partial charge < -0.3 is 5.11 Å². The number of aromatic carboxylic acids is 1. The Morgan fingerprint density at radius 1 is 1.25 bits per heavy atom. The lowest BCUT2D eigenvalue weighted by atomic mass is 10.1. The molecule has 1 aromatic heterocycles. The molecule has 0 fully saturated rings. The molecule has 2 aromatic rings. The van der Waals surface area contributed by atoms with E-state index in [1.807, 2.05) is 0 Å². The molecule has 0 unspecified atom stereocenters. The van der Waals surface area contributed by atoms with Crippen molar-refractivity contribution in [1.82, 2.24) is 9.97 Å². The topological polar surface area (TPSA) is 63.1 Å². The van der Waals surface area contributed by atoms with E-state index >= 15 is 0 Å². The largest absolute Gasteiger partial charge is 0.478 e. The molecule has 0 aliphatic carbocycles. The third-order valence-electron chi connectivity index (χ3n) is 2.58. The molecule has 0 aliphatic heterocycles. The predicted octanol–water partition coefficient (Wildman–Crippen LogP) is 2.84. The number of benzene rings is 1. The number of alkyl halides is 2. The van der Waals surface area contributed by atoms with E-state index in [1.54, 1.807) is 0 Å². The quantitative estimate of drug-likeness (QED) is 0.936. The summed E-state index contributed by atoms with van der Waals surface area (Å²) in [5, 5.41) is 8.77. The van der Waals surface area contributed by atoms with Gasteiger partial charge in [-0.3, -0.25) is 0 Å². The molecule has 4 nitrogen and oxygen atoms in total. The van der Waals surface area contributed by atoms with Crippen molar-refractivity contribution in [3.05, 3.63) is 58.9 Å². The van der Waals surface area contributed by atoms with E-state index in [9.17, 15) is 18.0 Å². The lowest BCUT2D eigenvalue weighted by Crippen LogP contribution is -2.09. The lowest BCUT2D eigenvalue weighted by molar-refractivity contribution is 0.0681. The van der Waals surface area contributed by atoms with E-state index in [1.165, 1.54) is 24.3 Å². The average Bonchev–Trinajstić information content (AvgIpc) is 2.41. The molecule has 7 heteroatoms. The fraction of sp³-hybridized carbons (Fsp3) is 0.154. The monoisotopic (exact) mass is 282 g/mol. The summed E-state index contributed by atoms with van der Waals surface area (Å²) in [6, 6.07) is 5.42. The lowest BCUT2D eigenvalue weighted by Gasteiger charge is -2.06.